The Hall–Kier alpha value is -0.740. The van der Waals surface area contributed by atoms with Gasteiger partial charge < -0.3 is 39.7 Å². The van der Waals surface area contributed by atoms with Gasteiger partial charge in [-0.1, -0.05) is 23.5 Å². The Balaban J connectivity index is 0.000000191. The molecule has 0 aromatic heterocycles. The maximum Gasteiger partial charge on any atom is 0.161 e. The van der Waals surface area contributed by atoms with Gasteiger partial charge in [0.1, 0.15) is 47.4 Å². The number of aliphatic hydroxyl groups excluding tert-OH is 4. The lowest BCUT2D eigenvalue weighted by atomic mass is 9.97. The second-order valence-electron chi connectivity index (χ2n) is 9.12. The molecule has 0 amide bonds. The Morgan fingerprint density at radius 3 is 1.35 bits per heavy atom. The zero-order valence-corrected chi connectivity index (χ0v) is 21.5. The van der Waals surface area contributed by atoms with Crippen molar-refractivity contribution in [2.24, 2.45) is 9.98 Å². The van der Waals surface area contributed by atoms with Crippen molar-refractivity contribution in [1.29, 1.82) is 0 Å². The largest absolute Gasteiger partial charge is 0.391 e. The molecule has 196 valence electrons. The summed E-state index contributed by atoms with van der Waals surface area (Å²) in [6.07, 6.45) is -9.27. The van der Waals surface area contributed by atoms with Crippen LogP contribution in [-0.4, -0.2) is 141 Å². The summed E-state index contributed by atoms with van der Waals surface area (Å²) in [6, 6.07) is -1.38. The Bertz CT molecular complexity index is 715. The van der Waals surface area contributed by atoms with Crippen molar-refractivity contribution in [2.45, 2.75) is 85.8 Å². The summed E-state index contributed by atoms with van der Waals surface area (Å²) in [5, 5.41) is 39.7. The number of nitrogens with zero attached hydrogens (tertiary/aromatic N) is 4. The fourth-order valence-corrected chi connectivity index (χ4v) is 6.19. The lowest BCUT2D eigenvalue weighted by Gasteiger charge is -2.38. The molecular formula is C20H34F2N4O6S2. The molecule has 10 nitrogen and oxygen atoms in total. The number of aliphatic hydroxyl groups is 4. The van der Waals surface area contributed by atoms with E-state index in [4.69, 9.17) is 9.47 Å². The van der Waals surface area contributed by atoms with Crippen molar-refractivity contribution >= 4 is 33.9 Å². The molecule has 12 atom stereocenters. The molecule has 0 radical (unpaired) electrons. The Morgan fingerprint density at radius 1 is 0.765 bits per heavy atom. The Morgan fingerprint density at radius 2 is 1.09 bits per heavy atom. The first-order chi connectivity index (χ1) is 15.8. The summed E-state index contributed by atoms with van der Waals surface area (Å²) in [5.41, 5.74) is -0.934. The molecule has 4 rings (SSSR count). The summed E-state index contributed by atoms with van der Waals surface area (Å²) in [5.74, 6) is 0. The van der Waals surface area contributed by atoms with Gasteiger partial charge in [-0.2, -0.15) is 0 Å². The monoisotopic (exact) mass is 528 g/mol. The topological polar surface area (TPSA) is 131 Å². The molecule has 14 heteroatoms. The van der Waals surface area contributed by atoms with Gasteiger partial charge in [0.2, 0.25) is 0 Å². The van der Waals surface area contributed by atoms with Crippen molar-refractivity contribution in [2.75, 3.05) is 28.2 Å². The molecule has 0 aromatic carbocycles. The zero-order valence-electron chi connectivity index (χ0n) is 19.9. The number of amidine groups is 2. The fourth-order valence-electron chi connectivity index (χ4n) is 3.92. The highest BCUT2D eigenvalue weighted by Gasteiger charge is 2.52. The third-order valence-corrected chi connectivity index (χ3v) is 8.40. The lowest BCUT2D eigenvalue weighted by Crippen LogP contribution is -2.56. The van der Waals surface area contributed by atoms with E-state index in [2.05, 4.69) is 9.98 Å². The summed E-state index contributed by atoms with van der Waals surface area (Å²) >= 11 is 2.64. The molecule has 4 aliphatic heterocycles. The standard InChI is InChI=1S/2C10H17FN2O3S/c2*1-4(14)8-7(15)5(11)6-9(16-8)17-10(12-6)13(2)3/h2*4-9,14-15H,1-3H3/t4-,5+,6+,7-,8+,9+;4-,5-,6-,7+,8-,9-/m01/s1. The van der Waals surface area contributed by atoms with Crippen LogP contribution in [0.25, 0.3) is 0 Å². The summed E-state index contributed by atoms with van der Waals surface area (Å²) in [7, 11) is 7.27. The number of halogens is 2. The minimum Gasteiger partial charge on any atom is -0.391 e. The van der Waals surface area contributed by atoms with Crippen LogP contribution in [0.5, 0.6) is 0 Å². The first kappa shape index (κ1) is 27.8. The van der Waals surface area contributed by atoms with Crippen molar-refractivity contribution in [3.8, 4) is 0 Å². The molecule has 0 spiro atoms. The first-order valence-corrected chi connectivity index (χ1v) is 12.7. The summed E-state index contributed by atoms with van der Waals surface area (Å²) < 4.78 is 39.0. The van der Waals surface area contributed by atoms with E-state index < -0.39 is 71.9 Å². The molecule has 2 fully saturated rings. The number of alkyl halides is 2. The van der Waals surface area contributed by atoms with Gasteiger partial charge in [-0.05, 0) is 13.8 Å². The Kier molecular flexibility index (Phi) is 9.10. The molecule has 4 N–H and O–H groups in total. The maximum absolute atomic E-state index is 14.0. The van der Waals surface area contributed by atoms with Crippen LogP contribution in [0.3, 0.4) is 0 Å². The molecule has 0 bridgehead atoms. The van der Waals surface area contributed by atoms with Crippen molar-refractivity contribution < 1.29 is 38.7 Å². The van der Waals surface area contributed by atoms with E-state index in [1.807, 2.05) is 28.2 Å². The second-order valence-corrected chi connectivity index (χ2v) is 11.2. The molecular weight excluding hydrogens is 494 g/mol. The average molecular weight is 529 g/mol. The van der Waals surface area contributed by atoms with Gasteiger partial charge in [0.15, 0.2) is 22.7 Å². The maximum atomic E-state index is 14.0. The van der Waals surface area contributed by atoms with Gasteiger partial charge in [0.25, 0.3) is 0 Å². The number of fused-ring (bicyclic) bond motifs is 2. The van der Waals surface area contributed by atoms with Crippen LogP contribution in [0.4, 0.5) is 8.78 Å². The SMILES string of the molecule is C[C@@H](O)[C@H]1O[C@@H]2SC(N(C)C)=N[C@@H]2[C@@H](F)[C@@H]1O.C[C@H](O)[C@H]1O[C@@H]2SC(N(C)C)=N[C@@H]2[C@@H](F)[C@@H]1O. The van der Waals surface area contributed by atoms with E-state index in [1.54, 1.807) is 9.80 Å². The number of ether oxygens (including phenoxy) is 2. The van der Waals surface area contributed by atoms with Crippen molar-refractivity contribution in [1.82, 2.24) is 9.80 Å². The van der Waals surface area contributed by atoms with Gasteiger partial charge in [-0.3, -0.25) is 9.98 Å². The Labute approximate surface area is 206 Å². The van der Waals surface area contributed by atoms with Crippen LogP contribution in [0.15, 0.2) is 9.98 Å². The number of thioether (sulfide) groups is 2. The van der Waals surface area contributed by atoms with Crippen molar-refractivity contribution in [3.63, 3.8) is 0 Å². The molecule has 0 unspecified atom stereocenters. The van der Waals surface area contributed by atoms with E-state index in [-0.39, 0.29) is 0 Å². The molecule has 34 heavy (non-hydrogen) atoms. The lowest BCUT2D eigenvalue weighted by molar-refractivity contribution is -0.165. The molecule has 2 saturated heterocycles. The second kappa shape index (κ2) is 11.1. The third-order valence-electron chi connectivity index (χ3n) is 5.80. The smallest absolute Gasteiger partial charge is 0.161 e. The van der Waals surface area contributed by atoms with Crippen LogP contribution in [-0.2, 0) is 9.47 Å². The van der Waals surface area contributed by atoms with Crippen LogP contribution in [0.2, 0.25) is 0 Å². The predicted octanol–water partition coefficient (Wildman–Crippen LogP) is -0.352. The van der Waals surface area contributed by atoms with E-state index in [0.29, 0.717) is 10.3 Å². The van der Waals surface area contributed by atoms with Gasteiger partial charge in [0.05, 0.1) is 12.2 Å². The highest BCUT2D eigenvalue weighted by Crippen LogP contribution is 2.40. The first-order valence-electron chi connectivity index (χ1n) is 11.0. The van der Waals surface area contributed by atoms with Crippen LogP contribution in [0, 0.1) is 0 Å². The van der Waals surface area contributed by atoms with Crippen molar-refractivity contribution in [3.05, 3.63) is 0 Å². The van der Waals surface area contributed by atoms with Gasteiger partial charge in [0, 0.05) is 28.2 Å². The van der Waals surface area contributed by atoms with E-state index in [0.717, 1.165) is 0 Å². The van der Waals surface area contributed by atoms with Gasteiger partial charge in [-0.25, -0.2) is 8.78 Å². The van der Waals surface area contributed by atoms with E-state index in [1.165, 1.54) is 37.4 Å². The molecule has 4 aliphatic rings. The minimum atomic E-state index is -1.50. The molecule has 0 aliphatic carbocycles. The van der Waals surface area contributed by atoms with E-state index >= 15 is 0 Å². The number of rotatable bonds is 2. The normalized spacial score (nSPS) is 42.9. The van der Waals surface area contributed by atoms with Gasteiger partial charge >= 0.3 is 0 Å². The fraction of sp³-hybridized carbons (Fsp3) is 0.900. The highest BCUT2D eigenvalue weighted by atomic mass is 32.2. The molecule has 0 aromatic rings. The highest BCUT2D eigenvalue weighted by molar-refractivity contribution is 8.14. The summed E-state index contributed by atoms with van der Waals surface area (Å²) in [6.45, 7) is 2.96. The number of hydrogen-bond acceptors (Lipinski definition) is 12. The number of aliphatic imine (C=N–C) groups is 2. The molecule has 4 heterocycles. The number of hydrogen-bond donors (Lipinski definition) is 4. The van der Waals surface area contributed by atoms with E-state index in [9.17, 15) is 29.2 Å². The van der Waals surface area contributed by atoms with Crippen LogP contribution < -0.4 is 0 Å². The summed E-state index contributed by atoms with van der Waals surface area (Å²) in [4.78, 5) is 12.0. The van der Waals surface area contributed by atoms with Crippen LogP contribution in [0.1, 0.15) is 13.8 Å². The predicted molar refractivity (Wildman–Crippen MR) is 127 cm³/mol. The zero-order chi connectivity index (χ0) is 25.5. The minimum absolute atomic E-state index is 0.467. The quantitative estimate of drug-likeness (QED) is 0.377. The van der Waals surface area contributed by atoms with Crippen LogP contribution >= 0.6 is 23.5 Å². The third kappa shape index (κ3) is 5.64. The molecule has 0 saturated carbocycles. The van der Waals surface area contributed by atoms with Gasteiger partial charge in [-0.15, -0.1) is 0 Å². The average Bonchev–Trinajstić information content (AvgIpc) is 3.38.